The highest BCUT2D eigenvalue weighted by Crippen LogP contribution is 2.33. The molecule has 4 aliphatic rings. The lowest BCUT2D eigenvalue weighted by atomic mass is 9.95. The zero-order valence-corrected chi connectivity index (χ0v) is 27.3. The highest BCUT2D eigenvalue weighted by atomic mass is 16.8. The molecule has 4 aliphatic heterocycles. The van der Waals surface area contributed by atoms with Crippen LogP contribution in [-0.4, -0.2) is 211 Å². The standard InChI is InChI=1S/C28H48N2O20/c1-7-15(35)20(40)22(42)27(45-7)50-24-21(41)17(37)11(5-32)48-28(24)49-23-14(30-9(3)34)25(43)46-12(18(23)38)6-44-26-13(29-8(2)33)19(39)16(36)10(4-31)47-26/h7,10-28,31-32,35-43H,4-6H2,1-3H3,(H,29,33)(H,30,34)/t7-,10+,11+,12+,13+,14+,15+,16+,17-,18-,19+,20+,21-,22-,23+,24+,25?,26?,27?,28?/m0/s1. The van der Waals surface area contributed by atoms with E-state index < -0.39 is 154 Å². The molecular formula is C28H48N2O20. The minimum absolute atomic E-state index is 0.638. The quantitative estimate of drug-likeness (QED) is 0.0938. The van der Waals surface area contributed by atoms with E-state index >= 15 is 0 Å². The van der Waals surface area contributed by atoms with Gasteiger partial charge in [-0.1, -0.05) is 0 Å². The molecule has 0 bridgehead atoms. The van der Waals surface area contributed by atoms with Crippen molar-refractivity contribution >= 4 is 11.8 Å². The van der Waals surface area contributed by atoms with E-state index in [1.807, 2.05) is 0 Å². The number of rotatable bonds is 11. The van der Waals surface area contributed by atoms with Crippen LogP contribution in [0, 0.1) is 0 Å². The number of carbonyl (C=O) groups is 2. The zero-order valence-electron chi connectivity index (χ0n) is 27.3. The van der Waals surface area contributed by atoms with Gasteiger partial charge in [-0.2, -0.15) is 0 Å². The Bertz CT molecular complexity index is 1130. The summed E-state index contributed by atoms with van der Waals surface area (Å²) in [5.74, 6) is -1.35. The van der Waals surface area contributed by atoms with Gasteiger partial charge in [-0.3, -0.25) is 9.59 Å². The smallest absolute Gasteiger partial charge is 0.217 e. The second-order valence-corrected chi connectivity index (χ2v) is 12.6. The van der Waals surface area contributed by atoms with E-state index in [-0.39, 0.29) is 0 Å². The van der Waals surface area contributed by atoms with Gasteiger partial charge in [0.05, 0.1) is 25.9 Å². The molecule has 0 radical (unpaired) electrons. The Morgan fingerprint density at radius 1 is 0.560 bits per heavy atom. The third kappa shape index (κ3) is 8.87. The molecule has 4 fully saturated rings. The SMILES string of the molecule is CC(=O)N[C@H]1C(OC[C@H]2OC(O)[C@H](NC(C)=O)[C@@H](OC3O[C@H](CO)[C@H](O)[C@H](O)[C@H]3OC3O[C@@H](C)[C@@H](O)[C@@H](O)[C@@H]3O)[C@H]2O)O[C@H](CO)[C@@H](O)[C@@H]1O. The molecule has 0 aliphatic carbocycles. The largest absolute Gasteiger partial charge is 0.394 e. The minimum Gasteiger partial charge on any atom is -0.394 e. The number of carbonyl (C=O) groups excluding carboxylic acids is 2. The van der Waals surface area contributed by atoms with Crippen molar-refractivity contribution in [3.8, 4) is 0 Å². The summed E-state index contributed by atoms with van der Waals surface area (Å²) in [5, 5.41) is 120. The first-order chi connectivity index (χ1) is 23.5. The summed E-state index contributed by atoms with van der Waals surface area (Å²) in [4.78, 5) is 23.9. The molecule has 20 atom stereocenters. The van der Waals surface area contributed by atoms with Crippen LogP contribution in [0.15, 0.2) is 0 Å². The predicted molar refractivity (Wildman–Crippen MR) is 156 cm³/mol. The van der Waals surface area contributed by atoms with Crippen LogP contribution in [0.5, 0.6) is 0 Å². The van der Waals surface area contributed by atoms with Gasteiger partial charge in [0.25, 0.3) is 0 Å². The summed E-state index contributed by atoms with van der Waals surface area (Å²) in [5.41, 5.74) is 0. The molecule has 4 rings (SSSR count). The average molecular weight is 733 g/mol. The molecule has 13 N–H and O–H groups in total. The van der Waals surface area contributed by atoms with Crippen molar-refractivity contribution in [3.05, 3.63) is 0 Å². The zero-order chi connectivity index (χ0) is 37.2. The molecule has 0 saturated carbocycles. The van der Waals surface area contributed by atoms with Crippen LogP contribution in [0.25, 0.3) is 0 Å². The Morgan fingerprint density at radius 3 is 1.68 bits per heavy atom. The Hall–Kier alpha value is -1.78. The van der Waals surface area contributed by atoms with E-state index in [2.05, 4.69) is 10.6 Å². The van der Waals surface area contributed by atoms with Crippen molar-refractivity contribution in [2.75, 3.05) is 19.8 Å². The van der Waals surface area contributed by atoms with Gasteiger partial charge < -0.3 is 100.0 Å². The number of ether oxygens (including phenoxy) is 7. The Balaban J connectivity index is 1.58. The van der Waals surface area contributed by atoms with Crippen molar-refractivity contribution < 1.29 is 98.9 Å². The van der Waals surface area contributed by atoms with Crippen molar-refractivity contribution in [3.63, 3.8) is 0 Å². The molecule has 50 heavy (non-hydrogen) atoms. The van der Waals surface area contributed by atoms with Gasteiger partial charge in [-0.15, -0.1) is 0 Å². The lowest BCUT2D eigenvalue weighted by molar-refractivity contribution is -0.381. The van der Waals surface area contributed by atoms with E-state index in [1.54, 1.807) is 0 Å². The maximum atomic E-state index is 12.1. The summed E-state index contributed by atoms with van der Waals surface area (Å²) in [6.45, 7) is 1.29. The third-order valence-corrected chi connectivity index (χ3v) is 8.95. The van der Waals surface area contributed by atoms with Gasteiger partial charge in [-0.25, -0.2) is 0 Å². The topological polar surface area (TPSA) is 345 Å². The first kappa shape index (κ1) is 41.0. The molecular weight excluding hydrogens is 684 g/mol. The van der Waals surface area contributed by atoms with Crippen LogP contribution in [-0.2, 0) is 42.7 Å². The van der Waals surface area contributed by atoms with Crippen LogP contribution in [0.4, 0.5) is 0 Å². The molecule has 290 valence electrons. The highest BCUT2D eigenvalue weighted by Gasteiger charge is 2.54. The fourth-order valence-electron chi connectivity index (χ4n) is 6.17. The monoisotopic (exact) mass is 732 g/mol. The average Bonchev–Trinajstić information content (AvgIpc) is 3.06. The number of aliphatic hydroxyl groups is 11. The molecule has 22 nitrogen and oxygen atoms in total. The molecule has 0 aromatic carbocycles. The summed E-state index contributed by atoms with van der Waals surface area (Å²) in [6, 6.07) is -2.92. The van der Waals surface area contributed by atoms with Crippen LogP contribution in [0.1, 0.15) is 20.8 Å². The maximum absolute atomic E-state index is 12.1. The van der Waals surface area contributed by atoms with Crippen molar-refractivity contribution in [2.45, 2.75) is 143 Å². The number of aliphatic hydroxyl groups excluding tert-OH is 11. The summed E-state index contributed by atoms with van der Waals surface area (Å²) >= 11 is 0. The minimum atomic E-state index is -1.93. The van der Waals surface area contributed by atoms with Crippen molar-refractivity contribution in [2.24, 2.45) is 0 Å². The first-order valence-corrected chi connectivity index (χ1v) is 15.9. The molecule has 22 heteroatoms. The summed E-state index contributed by atoms with van der Waals surface area (Å²) in [7, 11) is 0. The van der Waals surface area contributed by atoms with E-state index in [1.165, 1.54) is 6.92 Å². The molecule has 4 heterocycles. The number of amides is 2. The van der Waals surface area contributed by atoms with Crippen molar-refractivity contribution in [1.82, 2.24) is 10.6 Å². The number of hydrogen-bond acceptors (Lipinski definition) is 20. The van der Waals surface area contributed by atoms with Crippen LogP contribution in [0.3, 0.4) is 0 Å². The number of nitrogens with one attached hydrogen (secondary N) is 2. The summed E-state index contributed by atoms with van der Waals surface area (Å²) < 4.78 is 39.4. The van der Waals surface area contributed by atoms with E-state index in [0.717, 1.165) is 13.8 Å². The molecule has 4 unspecified atom stereocenters. The highest BCUT2D eigenvalue weighted by molar-refractivity contribution is 5.73. The lowest BCUT2D eigenvalue weighted by Gasteiger charge is -2.49. The Labute approximate surface area is 285 Å². The van der Waals surface area contributed by atoms with Crippen LogP contribution in [0.2, 0.25) is 0 Å². The molecule has 0 spiro atoms. The second-order valence-electron chi connectivity index (χ2n) is 12.6. The Kier molecular flexibility index (Phi) is 14.2. The second kappa shape index (κ2) is 17.4. The number of hydrogen-bond donors (Lipinski definition) is 13. The van der Waals surface area contributed by atoms with E-state index in [4.69, 9.17) is 33.2 Å². The maximum Gasteiger partial charge on any atom is 0.217 e. The lowest BCUT2D eigenvalue weighted by Crippen LogP contribution is -2.69. The van der Waals surface area contributed by atoms with Gasteiger partial charge in [0.2, 0.25) is 11.8 Å². The van der Waals surface area contributed by atoms with E-state index in [9.17, 15) is 65.8 Å². The predicted octanol–water partition coefficient (Wildman–Crippen LogP) is -8.43. The van der Waals surface area contributed by atoms with Gasteiger partial charge >= 0.3 is 0 Å². The molecule has 0 aromatic rings. The van der Waals surface area contributed by atoms with E-state index in [0.29, 0.717) is 0 Å². The fraction of sp³-hybridized carbons (Fsp3) is 0.929. The Morgan fingerprint density at radius 2 is 1.10 bits per heavy atom. The van der Waals surface area contributed by atoms with Gasteiger partial charge in [0.1, 0.15) is 91.4 Å². The fourth-order valence-corrected chi connectivity index (χ4v) is 6.17. The molecule has 0 aromatic heterocycles. The summed E-state index contributed by atoms with van der Waals surface area (Å²) in [6.07, 6.45) is -30.1. The third-order valence-electron chi connectivity index (χ3n) is 8.95. The molecule has 2 amide bonds. The first-order valence-electron chi connectivity index (χ1n) is 15.9. The molecule has 4 saturated heterocycles. The van der Waals surface area contributed by atoms with Crippen molar-refractivity contribution in [1.29, 1.82) is 0 Å². The van der Waals surface area contributed by atoms with Crippen LogP contribution < -0.4 is 10.6 Å². The van der Waals surface area contributed by atoms with Gasteiger partial charge in [0.15, 0.2) is 25.2 Å². The van der Waals surface area contributed by atoms with Gasteiger partial charge in [-0.05, 0) is 6.92 Å². The normalized spacial score (nSPS) is 48.5. The van der Waals surface area contributed by atoms with Crippen LogP contribution >= 0.6 is 0 Å². The van der Waals surface area contributed by atoms with Gasteiger partial charge in [0, 0.05) is 13.8 Å².